The first-order valence-corrected chi connectivity index (χ1v) is 11.0. The first-order chi connectivity index (χ1) is 13.7. The van der Waals surface area contributed by atoms with Gasteiger partial charge in [0.05, 0.1) is 16.5 Å². The van der Waals surface area contributed by atoms with Gasteiger partial charge in [-0.25, -0.2) is 8.42 Å². The minimum absolute atomic E-state index is 0.148. The zero-order chi connectivity index (χ0) is 21.3. The van der Waals surface area contributed by atoms with Crippen LogP contribution in [0, 0.1) is 39.0 Å². The maximum atomic E-state index is 13.3. The molecule has 3 rings (SSSR count). The third-order valence-corrected chi connectivity index (χ3v) is 7.86. The molecule has 0 saturated carbocycles. The van der Waals surface area contributed by atoms with Crippen molar-refractivity contribution in [2.24, 2.45) is 0 Å². The van der Waals surface area contributed by atoms with Crippen molar-refractivity contribution < 1.29 is 13.2 Å². The Bertz CT molecular complexity index is 1070. The van der Waals surface area contributed by atoms with Crippen LogP contribution in [0.1, 0.15) is 38.2 Å². The molecule has 1 heterocycles. The van der Waals surface area contributed by atoms with E-state index in [0.29, 0.717) is 29.1 Å². The SMILES string of the molecule is Cc1cc(C)c(C)c(S(=O)(=O)N2CCN(C(=O)c3ccc(C#N)cc3)CC2)c1C. The van der Waals surface area contributed by atoms with E-state index in [0.717, 1.165) is 22.3 Å². The molecule has 0 aromatic heterocycles. The summed E-state index contributed by atoms with van der Waals surface area (Å²) in [6.07, 6.45) is 0. The van der Waals surface area contributed by atoms with Gasteiger partial charge in [0.15, 0.2) is 0 Å². The van der Waals surface area contributed by atoms with Crippen molar-refractivity contribution >= 4 is 15.9 Å². The lowest BCUT2D eigenvalue weighted by Gasteiger charge is -2.35. The van der Waals surface area contributed by atoms with Crippen LogP contribution in [0.3, 0.4) is 0 Å². The Labute approximate surface area is 172 Å². The molecule has 2 aromatic rings. The van der Waals surface area contributed by atoms with Crippen LogP contribution in [0.4, 0.5) is 0 Å². The van der Waals surface area contributed by atoms with Gasteiger partial charge in [-0.1, -0.05) is 6.07 Å². The quantitative estimate of drug-likeness (QED) is 0.778. The normalized spacial score (nSPS) is 15.2. The van der Waals surface area contributed by atoms with Gasteiger partial charge in [0.25, 0.3) is 5.91 Å². The van der Waals surface area contributed by atoms with Crippen LogP contribution in [0.15, 0.2) is 35.2 Å². The van der Waals surface area contributed by atoms with Crippen molar-refractivity contribution in [2.75, 3.05) is 26.2 Å². The molecule has 1 fully saturated rings. The van der Waals surface area contributed by atoms with Gasteiger partial charge < -0.3 is 4.90 Å². The van der Waals surface area contributed by atoms with Crippen LogP contribution >= 0.6 is 0 Å². The van der Waals surface area contributed by atoms with Gasteiger partial charge in [-0.05, 0) is 74.2 Å². The molecule has 7 heteroatoms. The molecular formula is C22H25N3O3S. The molecule has 0 radical (unpaired) electrons. The van der Waals surface area contributed by atoms with E-state index in [1.165, 1.54) is 4.31 Å². The number of carbonyl (C=O) groups excluding carboxylic acids is 1. The number of amides is 1. The van der Waals surface area contributed by atoms with Gasteiger partial charge in [0, 0.05) is 31.7 Å². The first-order valence-electron chi connectivity index (χ1n) is 9.53. The van der Waals surface area contributed by atoms with Crippen LogP contribution in [0.25, 0.3) is 0 Å². The van der Waals surface area contributed by atoms with Crippen molar-refractivity contribution in [3.05, 3.63) is 63.7 Å². The first kappa shape index (κ1) is 21.0. The summed E-state index contributed by atoms with van der Waals surface area (Å²) in [7, 11) is -3.63. The Hall–Kier alpha value is -2.69. The van der Waals surface area contributed by atoms with Crippen molar-refractivity contribution in [2.45, 2.75) is 32.6 Å². The zero-order valence-electron chi connectivity index (χ0n) is 17.2. The lowest BCUT2D eigenvalue weighted by molar-refractivity contribution is 0.0698. The molecule has 1 saturated heterocycles. The highest BCUT2D eigenvalue weighted by atomic mass is 32.2. The lowest BCUT2D eigenvalue weighted by atomic mass is 10.0. The van der Waals surface area contributed by atoms with Crippen molar-refractivity contribution in [3.8, 4) is 6.07 Å². The Morgan fingerprint density at radius 2 is 1.45 bits per heavy atom. The zero-order valence-corrected chi connectivity index (χ0v) is 18.0. The Morgan fingerprint density at radius 3 is 1.93 bits per heavy atom. The predicted molar refractivity (Wildman–Crippen MR) is 111 cm³/mol. The van der Waals surface area contributed by atoms with Gasteiger partial charge in [-0.2, -0.15) is 9.57 Å². The molecule has 29 heavy (non-hydrogen) atoms. The molecule has 0 spiro atoms. The fourth-order valence-electron chi connectivity index (χ4n) is 3.70. The topological polar surface area (TPSA) is 81.5 Å². The van der Waals surface area contributed by atoms with Crippen molar-refractivity contribution in [3.63, 3.8) is 0 Å². The maximum Gasteiger partial charge on any atom is 0.253 e. The standard InChI is InChI=1S/C22H25N3O3S/c1-15-13-16(2)18(4)21(17(15)3)29(27,28)25-11-9-24(10-12-25)22(26)20-7-5-19(14-23)6-8-20/h5-8,13H,9-12H2,1-4H3. The number of piperazine rings is 1. The molecule has 0 N–H and O–H groups in total. The molecule has 1 aliphatic heterocycles. The maximum absolute atomic E-state index is 13.3. The second-order valence-electron chi connectivity index (χ2n) is 7.47. The molecule has 1 aliphatic rings. The second-order valence-corrected chi connectivity index (χ2v) is 9.35. The molecular weight excluding hydrogens is 386 g/mol. The van der Waals surface area contributed by atoms with Crippen LogP contribution in [-0.2, 0) is 10.0 Å². The largest absolute Gasteiger partial charge is 0.336 e. The summed E-state index contributed by atoms with van der Waals surface area (Å²) in [4.78, 5) is 14.8. The molecule has 0 aliphatic carbocycles. The number of benzene rings is 2. The smallest absolute Gasteiger partial charge is 0.253 e. The Morgan fingerprint density at radius 1 is 0.931 bits per heavy atom. The minimum atomic E-state index is -3.63. The summed E-state index contributed by atoms with van der Waals surface area (Å²) in [5.74, 6) is -0.148. The average molecular weight is 412 g/mol. The summed E-state index contributed by atoms with van der Waals surface area (Å²) < 4.78 is 28.2. The number of aryl methyl sites for hydroxylation is 2. The molecule has 1 amide bonds. The van der Waals surface area contributed by atoms with E-state index in [2.05, 4.69) is 0 Å². The highest BCUT2D eigenvalue weighted by molar-refractivity contribution is 7.89. The number of nitrogens with zero attached hydrogens (tertiary/aromatic N) is 3. The number of carbonyl (C=O) groups is 1. The highest BCUT2D eigenvalue weighted by Crippen LogP contribution is 2.29. The number of hydrogen-bond donors (Lipinski definition) is 0. The molecule has 0 bridgehead atoms. The summed E-state index contributed by atoms with van der Waals surface area (Å²) in [5, 5.41) is 8.88. The van der Waals surface area contributed by atoms with E-state index in [1.54, 1.807) is 29.2 Å². The van der Waals surface area contributed by atoms with Crippen LogP contribution in [0.5, 0.6) is 0 Å². The number of sulfonamides is 1. The molecule has 152 valence electrons. The lowest BCUT2D eigenvalue weighted by Crippen LogP contribution is -2.50. The van der Waals surface area contributed by atoms with E-state index in [1.807, 2.05) is 39.8 Å². The van der Waals surface area contributed by atoms with Gasteiger partial charge in [-0.3, -0.25) is 4.79 Å². The number of rotatable bonds is 3. The summed E-state index contributed by atoms with van der Waals surface area (Å²) in [5.41, 5.74) is 4.48. The summed E-state index contributed by atoms with van der Waals surface area (Å²) in [6, 6.07) is 10.5. The third-order valence-electron chi connectivity index (χ3n) is 5.68. The number of nitriles is 1. The molecule has 0 atom stereocenters. The Balaban J connectivity index is 1.78. The monoisotopic (exact) mass is 411 g/mol. The third kappa shape index (κ3) is 3.91. The summed E-state index contributed by atoms with van der Waals surface area (Å²) >= 11 is 0. The molecule has 6 nitrogen and oxygen atoms in total. The van der Waals surface area contributed by atoms with E-state index in [4.69, 9.17) is 5.26 Å². The fourth-order valence-corrected chi connectivity index (χ4v) is 5.70. The molecule has 2 aromatic carbocycles. The Kier molecular flexibility index (Phi) is 5.78. The van der Waals surface area contributed by atoms with Gasteiger partial charge >= 0.3 is 0 Å². The van der Waals surface area contributed by atoms with Crippen LogP contribution in [-0.4, -0.2) is 49.7 Å². The summed E-state index contributed by atoms with van der Waals surface area (Å²) in [6.45, 7) is 8.73. The van der Waals surface area contributed by atoms with E-state index in [9.17, 15) is 13.2 Å². The van der Waals surface area contributed by atoms with E-state index >= 15 is 0 Å². The van der Waals surface area contributed by atoms with Gasteiger partial charge in [0.2, 0.25) is 10.0 Å². The second kappa shape index (κ2) is 7.97. The van der Waals surface area contributed by atoms with Gasteiger partial charge in [0.1, 0.15) is 0 Å². The van der Waals surface area contributed by atoms with Crippen molar-refractivity contribution in [1.82, 2.24) is 9.21 Å². The highest BCUT2D eigenvalue weighted by Gasteiger charge is 2.33. The van der Waals surface area contributed by atoms with Crippen molar-refractivity contribution in [1.29, 1.82) is 5.26 Å². The molecule has 0 unspecified atom stereocenters. The van der Waals surface area contributed by atoms with E-state index < -0.39 is 10.0 Å². The average Bonchev–Trinajstić information content (AvgIpc) is 2.72. The van der Waals surface area contributed by atoms with E-state index in [-0.39, 0.29) is 19.0 Å². The minimum Gasteiger partial charge on any atom is -0.336 e. The van der Waals surface area contributed by atoms with Crippen LogP contribution in [0.2, 0.25) is 0 Å². The predicted octanol–water partition coefficient (Wildman–Crippen LogP) is 2.94. The fraction of sp³-hybridized carbons (Fsp3) is 0.364. The van der Waals surface area contributed by atoms with Gasteiger partial charge in [-0.15, -0.1) is 0 Å². The van der Waals surface area contributed by atoms with Crippen LogP contribution < -0.4 is 0 Å². The number of hydrogen-bond acceptors (Lipinski definition) is 4.